The molecule has 0 atom stereocenters. The van der Waals surface area contributed by atoms with Crippen LogP contribution in [0.1, 0.15) is 31.1 Å². The van der Waals surface area contributed by atoms with Crippen molar-refractivity contribution in [3.63, 3.8) is 0 Å². The number of amides is 1. The van der Waals surface area contributed by atoms with Gasteiger partial charge in [-0.2, -0.15) is 0 Å². The Morgan fingerprint density at radius 3 is 2.44 bits per heavy atom. The average Bonchev–Trinajstić information content (AvgIpc) is 2.15. The first kappa shape index (κ1) is 12.2. The van der Waals surface area contributed by atoms with Gasteiger partial charge in [-0.05, 0) is 32.9 Å². The highest BCUT2D eigenvalue weighted by Gasteiger charge is 2.22. The maximum atomic E-state index is 11.1. The van der Waals surface area contributed by atoms with Gasteiger partial charge in [0.1, 0.15) is 12.4 Å². The van der Waals surface area contributed by atoms with Gasteiger partial charge in [0, 0.05) is 16.8 Å². The summed E-state index contributed by atoms with van der Waals surface area (Å²) in [7, 11) is 0. The van der Waals surface area contributed by atoms with E-state index in [4.69, 9.17) is 0 Å². The highest BCUT2D eigenvalue weighted by Crippen LogP contribution is 2.23. The fraction of sp³-hybridized carbons (Fsp3) is 0.333. The van der Waals surface area contributed by atoms with Crippen LogP contribution in [0.4, 0.5) is 10.5 Å². The molecule has 0 bridgehead atoms. The topological polar surface area (TPSA) is 60.4 Å². The Bertz CT molecular complexity index is 407. The maximum absolute atomic E-state index is 11.1. The van der Waals surface area contributed by atoms with Crippen molar-refractivity contribution in [1.29, 1.82) is 0 Å². The molecule has 0 fully saturated rings. The van der Waals surface area contributed by atoms with E-state index in [1.54, 1.807) is 39.0 Å². The minimum absolute atomic E-state index is 0.438. The Hall–Kier alpha value is -1.84. The average molecular weight is 220 g/mol. The first-order chi connectivity index (χ1) is 7.36. The molecule has 0 aliphatic rings. The molecule has 0 saturated carbocycles. The van der Waals surface area contributed by atoms with Gasteiger partial charge in [-0.1, -0.05) is 12.1 Å². The van der Waals surface area contributed by atoms with Gasteiger partial charge in [0.2, 0.25) is 0 Å². The Balaban J connectivity index is 3.21. The van der Waals surface area contributed by atoms with Crippen LogP contribution in [0.15, 0.2) is 24.3 Å². The number of carbonyl (C=O) groups excluding carboxylic acids is 2. The van der Waals surface area contributed by atoms with Crippen molar-refractivity contribution < 1.29 is 14.7 Å². The van der Waals surface area contributed by atoms with E-state index in [1.807, 2.05) is 0 Å². The minimum atomic E-state index is -1.28. The standard InChI is InChI=1S/C12H15NO3/c1-12(2,3)13(11(15)16)10-6-4-5-9(7-10)8-14/h4-8H,1-3H3,(H,15,16)/p-1. The van der Waals surface area contributed by atoms with Crippen LogP contribution in [0.5, 0.6) is 0 Å². The van der Waals surface area contributed by atoms with Gasteiger partial charge in [0.05, 0.1) is 0 Å². The molecule has 86 valence electrons. The van der Waals surface area contributed by atoms with E-state index in [0.717, 1.165) is 4.90 Å². The lowest BCUT2D eigenvalue weighted by Gasteiger charge is -2.37. The van der Waals surface area contributed by atoms with Crippen molar-refractivity contribution in [2.24, 2.45) is 0 Å². The molecular formula is C12H14NO3-. The van der Waals surface area contributed by atoms with E-state index in [2.05, 4.69) is 0 Å². The van der Waals surface area contributed by atoms with E-state index in [-0.39, 0.29) is 0 Å². The summed E-state index contributed by atoms with van der Waals surface area (Å²) < 4.78 is 0. The van der Waals surface area contributed by atoms with E-state index >= 15 is 0 Å². The van der Waals surface area contributed by atoms with Gasteiger partial charge in [0.25, 0.3) is 0 Å². The monoisotopic (exact) mass is 220 g/mol. The highest BCUT2D eigenvalue weighted by atomic mass is 16.4. The zero-order chi connectivity index (χ0) is 12.3. The lowest BCUT2D eigenvalue weighted by Crippen LogP contribution is -2.52. The Labute approximate surface area is 94.5 Å². The molecule has 4 heteroatoms. The fourth-order valence-electron chi connectivity index (χ4n) is 1.50. The molecule has 0 aliphatic heterocycles. The molecule has 4 nitrogen and oxygen atoms in total. The Morgan fingerprint density at radius 2 is 2.00 bits per heavy atom. The Kier molecular flexibility index (Phi) is 3.32. The van der Waals surface area contributed by atoms with Gasteiger partial charge in [0.15, 0.2) is 0 Å². The molecule has 0 aromatic heterocycles. The molecule has 0 spiro atoms. The zero-order valence-corrected chi connectivity index (χ0v) is 9.56. The second-order valence-electron chi connectivity index (χ2n) is 4.48. The molecule has 0 aliphatic carbocycles. The highest BCUT2D eigenvalue weighted by molar-refractivity contribution is 5.88. The molecule has 0 radical (unpaired) electrons. The fourth-order valence-corrected chi connectivity index (χ4v) is 1.50. The van der Waals surface area contributed by atoms with Crippen molar-refractivity contribution in [1.82, 2.24) is 0 Å². The SMILES string of the molecule is CC(C)(C)N(C(=O)[O-])c1cccc(C=O)c1. The first-order valence-corrected chi connectivity index (χ1v) is 4.92. The number of hydrogen-bond acceptors (Lipinski definition) is 3. The molecule has 1 rings (SSSR count). The summed E-state index contributed by atoms with van der Waals surface area (Å²) in [4.78, 5) is 22.8. The first-order valence-electron chi connectivity index (χ1n) is 4.92. The van der Waals surface area contributed by atoms with Crippen molar-refractivity contribution in [2.45, 2.75) is 26.3 Å². The number of nitrogens with zero attached hydrogens (tertiary/aromatic N) is 1. The molecular weight excluding hydrogens is 206 g/mol. The number of hydrogen-bond donors (Lipinski definition) is 0. The maximum Gasteiger partial charge on any atom is 0.150 e. The third-order valence-corrected chi connectivity index (χ3v) is 2.12. The second kappa shape index (κ2) is 4.35. The molecule has 16 heavy (non-hydrogen) atoms. The number of rotatable bonds is 2. The minimum Gasteiger partial charge on any atom is -0.530 e. The number of benzene rings is 1. The molecule has 0 heterocycles. The smallest absolute Gasteiger partial charge is 0.150 e. The van der Waals surface area contributed by atoms with Crippen molar-refractivity contribution >= 4 is 18.1 Å². The molecule has 0 unspecified atom stereocenters. The lowest BCUT2D eigenvalue weighted by molar-refractivity contribution is -0.247. The predicted molar refractivity (Wildman–Crippen MR) is 59.5 cm³/mol. The van der Waals surface area contributed by atoms with Gasteiger partial charge >= 0.3 is 0 Å². The van der Waals surface area contributed by atoms with Gasteiger partial charge < -0.3 is 14.8 Å². The summed E-state index contributed by atoms with van der Waals surface area (Å²) in [6, 6.07) is 6.41. The van der Waals surface area contributed by atoms with Crippen molar-refractivity contribution in [3.05, 3.63) is 29.8 Å². The summed E-state index contributed by atoms with van der Waals surface area (Å²) >= 11 is 0. The summed E-state index contributed by atoms with van der Waals surface area (Å²) in [6.07, 6.45) is -0.602. The molecule has 1 aromatic carbocycles. The third kappa shape index (κ3) is 2.59. The molecule has 0 N–H and O–H groups in total. The van der Waals surface area contributed by atoms with Gasteiger partial charge in [-0.15, -0.1) is 0 Å². The van der Waals surface area contributed by atoms with Crippen LogP contribution in [0.25, 0.3) is 0 Å². The van der Waals surface area contributed by atoms with E-state index in [0.29, 0.717) is 17.5 Å². The molecule has 0 saturated heterocycles. The summed E-state index contributed by atoms with van der Waals surface area (Å²) in [5.74, 6) is 0. The second-order valence-corrected chi connectivity index (χ2v) is 4.48. The van der Waals surface area contributed by atoms with Gasteiger partial charge in [-0.25, -0.2) is 0 Å². The number of carbonyl (C=O) groups is 2. The van der Waals surface area contributed by atoms with Gasteiger partial charge in [-0.3, -0.25) is 4.79 Å². The van der Waals surface area contributed by atoms with E-state index < -0.39 is 11.6 Å². The summed E-state index contributed by atoms with van der Waals surface area (Å²) in [5, 5.41) is 11.1. The number of carboxylic acid groups (broad SMARTS) is 1. The van der Waals surface area contributed by atoms with Crippen molar-refractivity contribution in [2.75, 3.05) is 4.90 Å². The van der Waals surface area contributed by atoms with Crippen LogP contribution < -0.4 is 10.0 Å². The van der Waals surface area contributed by atoms with Crippen LogP contribution >= 0.6 is 0 Å². The summed E-state index contributed by atoms with van der Waals surface area (Å²) in [6.45, 7) is 5.28. The predicted octanol–water partition coefficient (Wildman–Crippen LogP) is 1.45. The van der Waals surface area contributed by atoms with Crippen molar-refractivity contribution in [3.8, 4) is 0 Å². The quantitative estimate of drug-likeness (QED) is 0.709. The molecule has 1 amide bonds. The zero-order valence-electron chi connectivity index (χ0n) is 9.56. The number of aldehydes is 1. The van der Waals surface area contributed by atoms with E-state index in [1.165, 1.54) is 6.07 Å². The summed E-state index contributed by atoms with van der Waals surface area (Å²) in [5.41, 5.74) is 0.269. The van der Waals surface area contributed by atoms with Crippen LogP contribution in [0.3, 0.4) is 0 Å². The lowest BCUT2D eigenvalue weighted by atomic mass is 10.0. The largest absolute Gasteiger partial charge is 0.530 e. The third-order valence-electron chi connectivity index (χ3n) is 2.12. The van der Waals surface area contributed by atoms with Crippen LogP contribution in [-0.2, 0) is 0 Å². The normalized spacial score (nSPS) is 10.9. The Morgan fingerprint density at radius 1 is 1.38 bits per heavy atom. The van der Waals surface area contributed by atoms with Crippen LogP contribution in [0, 0.1) is 0 Å². The van der Waals surface area contributed by atoms with Crippen LogP contribution in [-0.4, -0.2) is 17.9 Å². The van der Waals surface area contributed by atoms with E-state index in [9.17, 15) is 14.7 Å². The van der Waals surface area contributed by atoms with Crippen LogP contribution in [0.2, 0.25) is 0 Å². The number of anilines is 1. The molecule has 1 aromatic rings.